The number of hydrogen-bond acceptors (Lipinski definition) is 3. The van der Waals surface area contributed by atoms with Crippen molar-refractivity contribution in [3.63, 3.8) is 0 Å². The molecule has 1 aliphatic rings. The molecule has 2 heterocycles. The molecule has 0 fully saturated rings. The van der Waals surface area contributed by atoms with Gasteiger partial charge in [-0.1, -0.05) is 30.3 Å². The zero-order valence-electron chi connectivity index (χ0n) is 15.9. The van der Waals surface area contributed by atoms with Crippen LogP contribution in [0.25, 0.3) is 5.69 Å². The van der Waals surface area contributed by atoms with Crippen molar-refractivity contribution in [2.75, 3.05) is 6.61 Å². The van der Waals surface area contributed by atoms with Gasteiger partial charge in [-0.3, -0.25) is 0 Å². The predicted octanol–water partition coefficient (Wildman–Crippen LogP) is 3.51. The maximum atomic E-state index is 12.3. The van der Waals surface area contributed by atoms with Crippen LogP contribution in [0.3, 0.4) is 0 Å². The van der Waals surface area contributed by atoms with Crippen LogP contribution in [0.15, 0.2) is 61.2 Å². The van der Waals surface area contributed by atoms with Gasteiger partial charge in [0, 0.05) is 24.6 Å². The average molecular weight is 376 g/mol. The summed E-state index contributed by atoms with van der Waals surface area (Å²) in [6, 6.07) is 14.1. The number of urea groups is 1. The molecule has 2 N–H and O–H groups in total. The van der Waals surface area contributed by atoms with E-state index in [4.69, 9.17) is 4.74 Å². The van der Waals surface area contributed by atoms with Gasteiger partial charge >= 0.3 is 6.03 Å². The van der Waals surface area contributed by atoms with Gasteiger partial charge in [-0.15, -0.1) is 0 Å². The summed E-state index contributed by atoms with van der Waals surface area (Å²) in [7, 11) is 0. The first-order valence-electron chi connectivity index (χ1n) is 9.50. The first-order chi connectivity index (χ1) is 13.7. The number of rotatable bonds is 5. The summed E-state index contributed by atoms with van der Waals surface area (Å²) in [6.07, 6.45) is 6.34. The summed E-state index contributed by atoms with van der Waals surface area (Å²) in [5.74, 6) is 0. The number of benzene rings is 2. The maximum absolute atomic E-state index is 12.3. The minimum atomic E-state index is -0.174. The minimum Gasteiger partial charge on any atom is -0.376 e. The molecule has 0 aliphatic carbocycles. The van der Waals surface area contributed by atoms with Crippen molar-refractivity contribution in [2.45, 2.75) is 32.5 Å². The highest BCUT2D eigenvalue weighted by molar-refractivity contribution is 5.74. The monoisotopic (exact) mass is 376 g/mol. The molecule has 0 bridgehead atoms. The standard InChI is InChI=1S/C22H24N4O2/c1-16(18-4-6-21(7-5-18)26-10-9-23-15-26)25-22(27)24-13-17-2-3-20-14-28-11-8-19(20)12-17/h2-7,9-10,12,15-16H,8,11,13-14H2,1H3,(H2,24,25,27). The molecule has 1 aliphatic heterocycles. The molecule has 2 aromatic carbocycles. The summed E-state index contributed by atoms with van der Waals surface area (Å²) in [5.41, 5.74) is 5.75. The Balaban J connectivity index is 1.31. The summed E-state index contributed by atoms with van der Waals surface area (Å²) < 4.78 is 7.41. The lowest BCUT2D eigenvalue weighted by Gasteiger charge is -2.18. The second kappa shape index (κ2) is 8.27. The predicted molar refractivity (Wildman–Crippen MR) is 107 cm³/mol. The highest BCUT2D eigenvalue weighted by atomic mass is 16.5. The van der Waals surface area contributed by atoms with Crippen LogP contribution in [-0.2, 0) is 24.3 Å². The van der Waals surface area contributed by atoms with Gasteiger partial charge in [-0.2, -0.15) is 0 Å². The number of amides is 2. The van der Waals surface area contributed by atoms with E-state index in [9.17, 15) is 4.79 Å². The van der Waals surface area contributed by atoms with Gasteiger partial charge in [0.05, 0.1) is 25.6 Å². The average Bonchev–Trinajstić information content (AvgIpc) is 3.27. The summed E-state index contributed by atoms with van der Waals surface area (Å²) >= 11 is 0. The Labute approximate surface area is 164 Å². The lowest BCUT2D eigenvalue weighted by molar-refractivity contribution is 0.110. The van der Waals surface area contributed by atoms with E-state index in [1.807, 2.05) is 48.0 Å². The molecule has 6 heteroatoms. The lowest BCUT2D eigenvalue weighted by Crippen LogP contribution is -2.36. The molecule has 6 nitrogen and oxygen atoms in total. The number of ether oxygens (including phenoxy) is 1. The molecule has 144 valence electrons. The Kier molecular flexibility index (Phi) is 5.39. The second-order valence-corrected chi connectivity index (χ2v) is 7.02. The molecule has 1 atom stereocenters. The van der Waals surface area contributed by atoms with Crippen LogP contribution in [0.4, 0.5) is 4.79 Å². The fraction of sp³-hybridized carbons (Fsp3) is 0.273. The van der Waals surface area contributed by atoms with Gasteiger partial charge in [0.2, 0.25) is 0 Å². The molecule has 28 heavy (non-hydrogen) atoms. The SMILES string of the molecule is CC(NC(=O)NCc1ccc2c(c1)CCOC2)c1ccc(-n2ccnc2)cc1. The molecule has 0 saturated carbocycles. The van der Waals surface area contributed by atoms with Crippen LogP contribution in [0.5, 0.6) is 0 Å². The molecule has 0 spiro atoms. The van der Waals surface area contributed by atoms with E-state index >= 15 is 0 Å². The number of nitrogens with zero attached hydrogens (tertiary/aromatic N) is 2. The summed E-state index contributed by atoms with van der Waals surface area (Å²) in [4.78, 5) is 16.3. The molecule has 1 aromatic heterocycles. The van der Waals surface area contributed by atoms with E-state index in [-0.39, 0.29) is 12.1 Å². The number of aromatic nitrogens is 2. The van der Waals surface area contributed by atoms with Crippen molar-refractivity contribution in [3.8, 4) is 5.69 Å². The normalized spacial score (nSPS) is 14.2. The van der Waals surface area contributed by atoms with Crippen molar-refractivity contribution < 1.29 is 9.53 Å². The van der Waals surface area contributed by atoms with Crippen LogP contribution in [0.1, 0.15) is 35.2 Å². The van der Waals surface area contributed by atoms with Crippen molar-refractivity contribution in [3.05, 3.63) is 83.4 Å². The van der Waals surface area contributed by atoms with E-state index in [2.05, 4.69) is 27.8 Å². The van der Waals surface area contributed by atoms with Crippen LogP contribution in [-0.4, -0.2) is 22.2 Å². The van der Waals surface area contributed by atoms with Gasteiger partial charge < -0.3 is 19.9 Å². The lowest BCUT2D eigenvalue weighted by atomic mass is 10.0. The van der Waals surface area contributed by atoms with Crippen LogP contribution >= 0.6 is 0 Å². The van der Waals surface area contributed by atoms with Crippen LogP contribution < -0.4 is 10.6 Å². The van der Waals surface area contributed by atoms with Crippen LogP contribution in [0, 0.1) is 0 Å². The number of nitrogens with one attached hydrogen (secondary N) is 2. The fourth-order valence-corrected chi connectivity index (χ4v) is 3.39. The first kappa shape index (κ1) is 18.3. The van der Waals surface area contributed by atoms with Gasteiger partial charge in [0.1, 0.15) is 0 Å². The smallest absolute Gasteiger partial charge is 0.315 e. The Bertz CT molecular complexity index is 936. The number of hydrogen-bond donors (Lipinski definition) is 2. The molecular formula is C22H24N4O2. The zero-order valence-corrected chi connectivity index (χ0v) is 15.9. The van der Waals surface area contributed by atoms with E-state index in [0.29, 0.717) is 13.2 Å². The second-order valence-electron chi connectivity index (χ2n) is 7.02. The molecule has 2 amide bonds. The Morgan fingerprint density at radius 3 is 2.86 bits per heavy atom. The van der Waals surface area contributed by atoms with Crippen molar-refractivity contribution in [1.29, 1.82) is 0 Å². The number of fused-ring (bicyclic) bond motifs is 1. The van der Waals surface area contributed by atoms with Crippen molar-refractivity contribution in [1.82, 2.24) is 20.2 Å². The van der Waals surface area contributed by atoms with Crippen molar-refractivity contribution >= 4 is 6.03 Å². The van der Waals surface area contributed by atoms with E-state index in [1.165, 1.54) is 11.1 Å². The summed E-state index contributed by atoms with van der Waals surface area (Å²) in [6.45, 7) is 3.93. The minimum absolute atomic E-state index is 0.0856. The topological polar surface area (TPSA) is 68.2 Å². The third kappa shape index (κ3) is 4.23. The third-order valence-electron chi connectivity index (χ3n) is 5.04. The Morgan fingerprint density at radius 2 is 2.07 bits per heavy atom. The van der Waals surface area contributed by atoms with E-state index in [0.717, 1.165) is 29.8 Å². The largest absolute Gasteiger partial charge is 0.376 e. The Hall–Kier alpha value is -3.12. The van der Waals surface area contributed by atoms with Gasteiger partial charge in [0.25, 0.3) is 0 Å². The highest BCUT2D eigenvalue weighted by Crippen LogP contribution is 2.18. The molecule has 3 aromatic rings. The molecular weight excluding hydrogens is 352 g/mol. The number of carbonyl (C=O) groups is 1. The first-order valence-corrected chi connectivity index (χ1v) is 9.50. The van der Waals surface area contributed by atoms with E-state index in [1.54, 1.807) is 12.5 Å². The van der Waals surface area contributed by atoms with Gasteiger partial charge in [0.15, 0.2) is 0 Å². The number of carbonyl (C=O) groups excluding carboxylic acids is 1. The quantitative estimate of drug-likeness (QED) is 0.716. The Morgan fingerprint density at radius 1 is 1.21 bits per heavy atom. The van der Waals surface area contributed by atoms with Gasteiger partial charge in [-0.05, 0) is 47.7 Å². The third-order valence-corrected chi connectivity index (χ3v) is 5.04. The molecule has 1 unspecified atom stereocenters. The molecule has 0 saturated heterocycles. The van der Waals surface area contributed by atoms with Crippen LogP contribution in [0.2, 0.25) is 0 Å². The number of imidazole rings is 1. The van der Waals surface area contributed by atoms with Gasteiger partial charge in [-0.25, -0.2) is 9.78 Å². The fourth-order valence-electron chi connectivity index (χ4n) is 3.39. The maximum Gasteiger partial charge on any atom is 0.315 e. The summed E-state index contributed by atoms with van der Waals surface area (Å²) in [5, 5.41) is 5.94. The highest BCUT2D eigenvalue weighted by Gasteiger charge is 2.12. The van der Waals surface area contributed by atoms with E-state index < -0.39 is 0 Å². The van der Waals surface area contributed by atoms with Crippen molar-refractivity contribution in [2.24, 2.45) is 0 Å². The zero-order chi connectivity index (χ0) is 19.3. The molecule has 0 radical (unpaired) electrons. The molecule has 4 rings (SSSR count).